The summed E-state index contributed by atoms with van der Waals surface area (Å²) in [5.74, 6) is -2.09. The highest BCUT2D eigenvalue weighted by atomic mass is 32.2. The summed E-state index contributed by atoms with van der Waals surface area (Å²) in [6.07, 6.45) is 0.429. The number of sulfonamides is 1. The van der Waals surface area contributed by atoms with Gasteiger partial charge in [-0.2, -0.15) is 4.98 Å². The second kappa shape index (κ2) is 5.16. The van der Waals surface area contributed by atoms with Crippen LogP contribution in [0.25, 0.3) is 0 Å². The number of anilines is 1. The molecule has 0 atom stereocenters. The zero-order valence-electron chi connectivity index (χ0n) is 10.6. The zero-order valence-corrected chi connectivity index (χ0v) is 11.5. The van der Waals surface area contributed by atoms with Crippen molar-refractivity contribution in [1.82, 2.24) is 10.1 Å². The molecule has 0 saturated carbocycles. The van der Waals surface area contributed by atoms with Gasteiger partial charge in [0.1, 0.15) is 16.5 Å². The van der Waals surface area contributed by atoms with Gasteiger partial charge in [0.15, 0.2) is 0 Å². The van der Waals surface area contributed by atoms with E-state index in [9.17, 15) is 17.2 Å². The molecule has 0 aliphatic carbocycles. The maximum atomic E-state index is 13.6. The van der Waals surface area contributed by atoms with Crippen LogP contribution in [0.2, 0.25) is 0 Å². The second-order valence-electron chi connectivity index (χ2n) is 4.00. The molecule has 2 aromatic rings. The van der Waals surface area contributed by atoms with E-state index in [1.54, 1.807) is 6.92 Å². The van der Waals surface area contributed by atoms with E-state index in [-0.39, 0.29) is 17.4 Å². The Balaban J connectivity index is 2.37. The molecule has 1 N–H and O–H groups in total. The third-order valence-electron chi connectivity index (χ3n) is 2.50. The first-order valence-corrected chi connectivity index (χ1v) is 7.13. The highest BCUT2D eigenvalue weighted by molar-refractivity contribution is 7.92. The molecule has 0 bridgehead atoms. The van der Waals surface area contributed by atoms with Gasteiger partial charge in [-0.05, 0) is 23.7 Å². The SMILES string of the molecule is CCc1nc(NS(=O)(=O)c2cc(C)c(F)cc2F)no1. The van der Waals surface area contributed by atoms with E-state index in [1.807, 2.05) is 4.72 Å². The Hall–Kier alpha value is -2.03. The molecule has 0 radical (unpaired) electrons. The highest BCUT2D eigenvalue weighted by Gasteiger charge is 2.23. The van der Waals surface area contributed by atoms with Gasteiger partial charge in [0.25, 0.3) is 16.0 Å². The van der Waals surface area contributed by atoms with Crippen LogP contribution in [0, 0.1) is 18.6 Å². The largest absolute Gasteiger partial charge is 0.337 e. The summed E-state index contributed by atoms with van der Waals surface area (Å²) in [5.41, 5.74) is 0.00846. The maximum Gasteiger partial charge on any atom is 0.277 e. The van der Waals surface area contributed by atoms with Crippen molar-refractivity contribution in [2.75, 3.05) is 4.72 Å². The Kier molecular flexibility index (Phi) is 3.71. The molecule has 20 heavy (non-hydrogen) atoms. The lowest BCUT2D eigenvalue weighted by Crippen LogP contribution is -2.16. The Labute approximate surface area is 113 Å². The normalized spacial score (nSPS) is 11.6. The fourth-order valence-corrected chi connectivity index (χ4v) is 2.53. The number of nitrogens with zero attached hydrogens (tertiary/aromatic N) is 2. The van der Waals surface area contributed by atoms with Crippen LogP contribution in [-0.2, 0) is 16.4 Å². The van der Waals surface area contributed by atoms with Crippen LogP contribution in [0.15, 0.2) is 21.6 Å². The van der Waals surface area contributed by atoms with Gasteiger partial charge in [0.05, 0.1) is 0 Å². The first kappa shape index (κ1) is 14.4. The number of aromatic nitrogens is 2. The van der Waals surface area contributed by atoms with Gasteiger partial charge in [0, 0.05) is 12.5 Å². The Bertz CT molecular complexity index is 743. The van der Waals surface area contributed by atoms with Crippen molar-refractivity contribution >= 4 is 16.0 Å². The quantitative estimate of drug-likeness (QED) is 0.934. The van der Waals surface area contributed by atoms with Gasteiger partial charge in [-0.1, -0.05) is 6.92 Å². The van der Waals surface area contributed by atoms with Gasteiger partial charge in [-0.25, -0.2) is 21.9 Å². The topological polar surface area (TPSA) is 85.1 Å². The van der Waals surface area contributed by atoms with E-state index in [1.165, 1.54) is 6.92 Å². The van der Waals surface area contributed by atoms with Crippen LogP contribution in [0.3, 0.4) is 0 Å². The lowest BCUT2D eigenvalue weighted by molar-refractivity contribution is 0.383. The number of hydrogen-bond acceptors (Lipinski definition) is 5. The maximum absolute atomic E-state index is 13.6. The highest BCUT2D eigenvalue weighted by Crippen LogP contribution is 2.21. The molecule has 0 unspecified atom stereocenters. The first-order valence-electron chi connectivity index (χ1n) is 5.64. The second-order valence-corrected chi connectivity index (χ2v) is 5.65. The van der Waals surface area contributed by atoms with E-state index < -0.39 is 26.6 Å². The Morgan fingerprint density at radius 1 is 1.30 bits per heavy atom. The average molecular weight is 303 g/mol. The third kappa shape index (κ3) is 2.77. The van der Waals surface area contributed by atoms with E-state index in [2.05, 4.69) is 10.1 Å². The minimum Gasteiger partial charge on any atom is -0.337 e. The van der Waals surface area contributed by atoms with E-state index in [4.69, 9.17) is 4.52 Å². The molecule has 108 valence electrons. The van der Waals surface area contributed by atoms with Gasteiger partial charge >= 0.3 is 0 Å². The van der Waals surface area contributed by atoms with Crippen molar-refractivity contribution in [2.24, 2.45) is 0 Å². The molecule has 0 saturated heterocycles. The van der Waals surface area contributed by atoms with Crippen LogP contribution in [0.5, 0.6) is 0 Å². The molecule has 1 heterocycles. The summed E-state index contributed by atoms with van der Waals surface area (Å²) >= 11 is 0. The van der Waals surface area contributed by atoms with E-state index in [0.717, 1.165) is 6.07 Å². The molecular formula is C11H11F2N3O3S. The van der Waals surface area contributed by atoms with Crippen LogP contribution in [0.4, 0.5) is 14.7 Å². The third-order valence-corrected chi connectivity index (χ3v) is 3.84. The van der Waals surface area contributed by atoms with Crippen LogP contribution >= 0.6 is 0 Å². The fraction of sp³-hybridized carbons (Fsp3) is 0.273. The van der Waals surface area contributed by atoms with Crippen molar-refractivity contribution < 1.29 is 21.7 Å². The van der Waals surface area contributed by atoms with Crippen molar-refractivity contribution in [2.45, 2.75) is 25.2 Å². The smallest absolute Gasteiger partial charge is 0.277 e. The fourth-order valence-electron chi connectivity index (χ4n) is 1.45. The lowest BCUT2D eigenvalue weighted by Gasteiger charge is -2.07. The summed E-state index contributed by atoms with van der Waals surface area (Å²) in [6.45, 7) is 3.08. The van der Waals surface area contributed by atoms with Crippen molar-refractivity contribution in [3.8, 4) is 0 Å². The summed E-state index contributed by atoms with van der Waals surface area (Å²) in [6, 6.07) is 1.41. The number of hydrogen-bond donors (Lipinski definition) is 1. The summed E-state index contributed by atoms with van der Waals surface area (Å²) < 4.78 is 57.4. The Morgan fingerprint density at radius 2 is 2.00 bits per heavy atom. The minimum atomic E-state index is -4.25. The Morgan fingerprint density at radius 3 is 2.60 bits per heavy atom. The molecule has 6 nitrogen and oxygen atoms in total. The number of rotatable bonds is 4. The number of aryl methyl sites for hydroxylation is 2. The van der Waals surface area contributed by atoms with Gasteiger partial charge < -0.3 is 4.52 Å². The van der Waals surface area contributed by atoms with Crippen LogP contribution < -0.4 is 4.72 Å². The summed E-state index contributed by atoms with van der Waals surface area (Å²) in [5, 5.41) is 3.39. The average Bonchev–Trinajstić information content (AvgIpc) is 2.80. The molecule has 1 aromatic heterocycles. The van der Waals surface area contributed by atoms with Crippen molar-refractivity contribution in [1.29, 1.82) is 0 Å². The molecule has 9 heteroatoms. The molecule has 0 spiro atoms. The van der Waals surface area contributed by atoms with Gasteiger partial charge in [-0.15, -0.1) is 0 Å². The summed E-state index contributed by atoms with van der Waals surface area (Å²) in [4.78, 5) is 3.06. The van der Waals surface area contributed by atoms with Crippen LogP contribution in [-0.4, -0.2) is 18.6 Å². The lowest BCUT2D eigenvalue weighted by atomic mass is 10.2. The number of benzene rings is 1. The van der Waals surface area contributed by atoms with Crippen molar-refractivity contribution in [3.63, 3.8) is 0 Å². The molecular weight excluding hydrogens is 292 g/mol. The standard InChI is InChI=1S/C11H11F2N3O3S/c1-3-10-14-11(15-19-10)16-20(17,18)9-4-6(2)7(12)5-8(9)13/h4-5H,3H2,1-2H3,(H,15,16). The van der Waals surface area contributed by atoms with E-state index >= 15 is 0 Å². The molecule has 0 fully saturated rings. The molecule has 0 aliphatic heterocycles. The summed E-state index contributed by atoms with van der Waals surface area (Å²) in [7, 11) is -4.25. The predicted octanol–water partition coefficient (Wildman–Crippen LogP) is 2.02. The zero-order chi connectivity index (χ0) is 14.9. The van der Waals surface area contributed by atoms with Gasteiger partial charge in [0.2, 0.25) is 5.89 Å². The van der Waals surface area contributed by atoms with Crippen LogP contribution in [0.1, 0.15) is 18.4 Å². The molecule has 0 amide bonds. The molecule has 2 rings (SSSR count). The van der Waals surface area contributed by atoms with Gasteiger partial charge in [-0.3, -0.25) is 0 Å². The van der Waals surface area contributed by atoms with Crippen molar-refractivity contribution in [3.05, 3.63) is 35.2 Å². The predicted molar refractivity (Wildman–Crippen MR) is 65.6 cm³/mol. The minimum absolute atomic E-state index is 0.00846. The monoisotopic (exact) mass is 303 g/mol. The molecule has 0 aliphatic rings. The number of nitrogens with one attached hydrogen (secondary N) is 1. The first-order chi connectivity index (χ1) is 9.33. The van der Waals surface area contributed by atoms with E-state index in [0.29, 0.717) is 12.5 Å². The molecule has 1 aromatic carbocycles. The number of halogens is 2.